The van der Waals surface area contributed by atoms with Crippen LogP contribution in [0, 0.1) is 11.6 Å². The number of nitrogens with zero attached hydrogens (tertiary/aromatic N) is 1. The second kappa shape index (κ2) is 5.42. The van der Waals surface area contributed by atoms with Gasteiger partial charge in [-0.15, -0.1) is 0 Å². The van der Waals surface area contributed by atoms with Crippen LogP contribution >= 0.6 is 0 Å². The van der Waals surface area contributed by atoms with Gasteiger partial charge in [0.1, 0.15) is 23.2 Å². The summed E-state index contributed by atoms with van der Waals surface area (Å²) in [6, 6.07) is 2.13. The Hall–Kier alpha value is -1.98. The largest absolute Gasteiger partial charge is 0.340 e. The van der Waals surface area contributed by atoms with Gasteiger partial charge in [-0.2, -0.15) is 0 Å². The van der Waals surface area contributed by atoms with Gasteiger partial charge in [0.2, 0.25) is 5.91 Å². The number of carbonyl (C=O) groups excluding carboxylic acids is 2. The monoisotopic (exact) mass is 296 g/mol. The van der Waals surface area contributed by atoms with E-state index in [-0.39, 0.29) is 17.5 Å². The summed E-state index contributed by atoms with van der Waals surface area (Å²) in [7, 11) is 0. The van der Waals surface area contributed by atoms with Crippen molar-refractivity contribution in [1.29, 1.82) is 0 Å². The maximum atomic E-state index is 14.0. The normalized spacial score (nSPS) is 21.4. The zero-order valence-corrected chi connectivity index (χ0v) is 12.2. The molecule has 1 aromatic carbocycles. The molecule has 0 saturated carbocycles. The van der Waals surface area contributed by atoms with E-state index in [0.717, 1.165) is 11.0 Å². The van der Waals surface area contributed by atoms with Crippen molar-refractivity contribution in [2.24, 2.45) is 0 Å². The van der Waals surface area contributed by atoms with Crippen LogP contribution in [0.3, 0.4) is 0 Å². The number of benzene rings is 1. The molecular weight excluding hydrogens is 278 g/mol. The van der Waals surface area contributed by atoms with Crippen LogP contribution in [0.1, 0.15) is 33.6 Å². The van der Waals surface area contributed by atoms with Crippen molar-refractivity contribution in [1.82, 2.24) is 5.32 Å². The van der Waals surface area contributed by atoms with E-state index >= 15 is 0 Å². The Morgan fingerprint density at radius 3 is 2.38 bits per heavy atom. The minimum atomic E-state index is -1.04. The topological polar surface area (TPSA) is 49.4 Å². The van der Waals surface area contributed by atoms with Gasteiger partial charge in [-0.1, -0.05) is 13.8 Å². The summed E-state index contributed by atoms with van der Waals surface area (Å²) in [5.74, 6) is -2.30. The van der Waals surface area contributed by atoms with Crippen LogP contribution < -0.4 is 10.2 Å². The average Bonchev–Trinajstić information content (AvgIpc) is 2.45. The van der Waals surface area contributed by atoms with Crippen molar-refractivity contribution in [2.75, 3.05) is 4.90 Å². The Labute approximate surface area is 122 Å². The molecule has 1 aliphatic rings. The Morgan fingerprint density at radius 2 is 1.86 bits per heavy atom. The molecule has 1 aliphatic heterocycles. The molecule has 1 unspecified atom stereocenters. The molecule has 21 heavy (non-hydrogen) atoms. The molecule has 6 heteroatoms. The molecule has 1 saturated heterocycles. The maximum Gasteiger partial charge on any atom is 0.253 e. The summed E-state index contributed by atoms with van der Waals surface area (Å²) >= 11 is 0. The summed E-state index contributed by atoms with van der Waals surface area (Å²) < 4.78 is 27.1. The molecule has 1 heterocycles. The van der Waals surface area contributed by atoms with E-state index in [0.29, 0.717) is 18.9 Å². The zero-order valence-electron chi connectivity index (χ0n) is 12.2. The predicted octanol–water partition coefficient (Wildman–Crippen LogP) is 2.37. The van der Waals surface area contributed by atoms with Gasteiger partial charge in [0.05, 0.1) is 5.69 Å². The number of amides is 2. The molecule has 1 N–H and O–H groups in total. The Morgan fingerprint density at radius 1 is 1.24 bits per heavy atom. The SMILES string of the molecule is CCC1(CC)NC(=O)C(C)N(c2ccc(F)cc2F)C1=O. The maximum absolute atomic E-state index is 14.0. The Balaban J connectivity index is 2.53. The van der Waals surface area contributed by atoms with Gasteiger partial charge in [-0.05, 0) is 31.9 Å². The zero-order chi connectivity index (χ0) is 15.8. The standard InChI is InChI=1S/C15H18F2N2O2/c1-4-15(5-2)14(21)19(9(3)13(20)18-15)12-7-6-10(16)8-11(12)17/h6-9H,4-5H2,1-3H3,(H,18,20). The van der Waals surface area contributed by atoms with E-state index in [1.165, 1.54) is 13.0 Å². The van der Waals surface area contributed by atoms with Crippen LogP contribution in [0.25, 0.3) is 0 Å². The van der Waals surface area contributed by atoms with Crippen LogP contribution in [0.15, 0.2) is 18.2 Å². The average molecular weight is 296 g/mol. The highest BCUT2D eigenvalue weighted by atomic mass is 19.1. The fraction of sp³-hybridized carbons (Fsp3) is 0.467. The third kappa shape index (κ3) is 2.39. The van der Waals surface area contributed by atoms with Gasteiger partial charge in [0.25, 0.3) is 5.91 Å². The second-order valence-electron chi connectivity index (χ2n) is 5.23. The summed E-state index contributed by atoms with van der Waals surface area (Å²) in [4.78, 5) is 26.0. The molecule has 2 amide bonds. The molecule has 0 aliphatic carbocycles. The van der Waals surface area contributed by atoms with Gasteiger partial charge < -0.3 is 5.32 Å². The minimum Gasteiger partial charge on any atom is -0.340 e. The molecule has 114 valence electrons. The van der Waals surface area contributed by atoms with Crippen LogP contribution in [0.2, 0.25) is 0 Å². The van der Waals surface area contributed by atoms with E-state index in [9.17, 15) is 18.4 Å². The smallest absolute Gasteiger partial charge is 0.253 e. The molecule has 1 aromatic rings. The lowest BCUT2D eigenvalue weighted by molar-refractivity contribution is -0.138. The van der Waals surface area contributed by atoms with Crippen molar-refractivity contribution < 1.29 is 18.4 Å². The molecule has 4 nitrogen and oxygen atoms in total. The second-order valence-corrected chi connectivity index (χ2v) is 5.23. The number of piperazine rings is 1. The third-order valence-electron chi connectivity index (χ3n) is 4.13. The Kier molecular flexibility index (Phi) is 3.98. The summed E-state index contributed by atoms with van der Waals surface area (Å²) in [6.45, 7) is 5.10. The lowest BCUT2D eigenvalue weighted by Crippen LogP contribution is -2.69. The van der Waals surface area contributed by atoms with Gasteiger partial charge in [0.15, 0.2) is 0 Å². The van der Waals surface area contributed by atoms with Gasteiger partial charge in [-0.25, -0.2) is 8.78 Å². The number of rotatable bonds is 3. The molecule has 0 bridgehead atoms. The van der Waals surface area contributed by atoms with Crippen LogP contribution in [0.5, 0.6) is 0 Å². The van der Waals surface area contributed by atoms with E-state index in [4.69, 9.17) is 0 Å². The Bertz CT molecular complexity index is 585. The number of anilines is 1. The first-order valence-corrected chi connectivity index (χ1v) is 6.97. The van der Waals surface area contributed by atoms with Crippen molar-refractivity contribution in [3.8, 4) is 0 Å². The van der Waals surface area contributed by atoms with Crippen LogP contribution in [-0.2, 0) is 9.59 Å². The molecular formula is C15H18F2N2O2. The number of halogens is 2. The number of hydrogen-bond acceptors (Lipinski definition) is 2. The van der Waals surface area contributed by atoms with Crippen LogP contribution in [-0.4, -0.2) is 23.4 Å². The predicted molar refractivity (Wildman–Crippen MR) is 74.8 cm³/mol. The highest BCUT2D eigenvalue weighted by Gasteiger charge is 2.48. The number of nitrogens with one attached hydrogen (secondary N) is 1. The van der Waals surface area contributed by atoms with Gasteiger partial charge in [0, 0.05) is 6.07 Å². The first-order valence-electron chi connectivity index (χ1n) is 6.97. The van der Waals surface area contributed by atoms with Crippen molar-refractivity contribution >= 4 is 17.5 Å². The molecule has 0 aromatic heterocycles. The molecule has 2 rings (SSSR count). The van der Waals surface area contributed by atoms with Crippen LogP contribution in [0.4, 0.5) is 14.5 Å². The highest BCUT2D eigenvalue weighted by molar-refractivity contribution is 6.10. The quantitative estimate of drug-likeness (QED) is 0.931. The third-order valence-corrected chi connectivity index (χ3v) is 4.13. The molecule has 0 radical (unpaired) electrons. The minimum absolute atomic E-state index is 0.0741. The molecule has 1 fully saturated rings. The number of hydrogen-bond donors (Lipinski definition) is 1. The first-order chi connectivity index (χ1) is 9.86. The van der Waals surface area contributed by atoms with Crippen molar-refractivity contribution in [3.05, 3.63) is 29.8 Å². The summed E-state index contributed by atoms with van der Waals surface area (Å²) in [6.07, 6.45) is 0.806. The van der Waals surface area contributed by atoms with Gasteiger partial charge >= 0.3 is 0 Å². The van der Waals surface area contributed by atoms with E-state index in [1.807, 2.05) is 0 Å². The molecule has 1 atom stereocenters. The van der Waals surface area contributed by atoms with E-state index in [1.54, 1.807) is 13.8 Å². The van der Waals surface area contributed by atoms with Crippen molar-refractivity contribution in [2.45, 2.75) is 45.2 Å². The van der Waals surface area contributed by atoms with Crippen molar-refractivity contribution in [3.63, 3.8) is 0 Å². The lowest BCUT2D eigenvalue weighted by Gasteiger charge is -2.44. The number of carbonyl (C=O) groups is 2. The summed E-state index contributed by atoms with van der Waals surface area (Å²) in [5.41, 5.74) is -1.11. The fourth-order valence-corrected chi connectivity index (χ4v) is 2.64. The van der Waals surface area contributed by atoms with E-state index < -0.39 is 23.2 Å². The first kappa shape index (κ1) is 15.4. The van der Waals surface area contributed by atoms with Gasteiger partial charge in [-0.3, -0.25) is 14.5 Å². The van der Waals surface area contributed by atoms with E-state index in [2.05, 4.69) is 5.32 Å². The summed E-state index contributed by atoms with van der Waals surface area (Å²) in [5, 5.41) is 2.73. The highest BCUT2D eigenvalue weighted by Crippen LogP contribution is 2.31. The molecule has 0 spiro atoms. The lowest BCUT2D eigenvalue weighted by atomic mass is 9.87. The fourth-order valence-electron chi connectivity index (χ4n) is 2.64.